The fourth-order valence-corrected chi connectivity index (χ4v) is 16.0. The average Bonchev–Trinajstić information content (AvgIpc) is 0.777. The topological polar surface area (TPSA) is 307 Å². The number of aliphatic hydroxyl groups is 11. The Balaban J connectivity index is 1.30. The van der Waals surface area contributed by atoms with E-state index in [1.165, 1.54) is 334 Å². The van der Waals surface area contributed by atoms with Crippen molar-refractivity contribution >= 4 is 5.91 Å². The van der Waals surface area contributed by atoms with E-state index in [9.17, 15) is 61.0 Å². The molecule has 664 valence electrons. The molecule has 113 heavy (non-hydrogen) atoms. The molecule has 0 saturated carbocycles. The van der Waals surface area contributed by atoms with Gasteiger partial charge < -0.3 is 89.9 Å². The maximum absolute atomic E-state index is 13.5. The van der Waals surface area contributed by atoms with Gasteiger partial charge in [0.25, 0.3) is 0 Å². The molecule has 0 bridgehead atoms. The molecule has 19 nitrogen and oxygen atoms in total. The smallest absolute Gasteiger partial charge is 0.220 e. The van der Waals surface area contributed by atoms with Crippen LogP contribution >= 0.6 is 0 Å². The molecule has 3 aliphatic heterocycles. The van der Waals surface area contributed by atoms with Gasteiger partial charge in [-0.05, 0) is 70.6 Å². The largest absolute Gasteiger partial charge is 0.394 e. The van der Waals surface area contributed by atoms with Gasteiger partial charge in [-0.3, -0.25) is 4.79 Å². The van der Waals surface area contributed by atoms with E-state index < -0.39 is 124 Å². The second kappa shape index (κ2) is 73.7. The number of ether oxygens (including phenoxy) is 6. The molecular formula is C94H175NO18. The SMILES string of the molecule is CCCCCCCCCC/C=C\CCCCCCCCCCCCCCCCCCCCCCCCCCCCCCCC(=O)NC(COC1OC(CO)C(OC2OC(CO)C(OC3OC(CO)C(O)C(O)C3O)C(O)C2O)C(O)C1O)C(O)/C=C/CC/C=C/CC/C=C/CCCCCCCCCCCCCCCCCCC. The average molecular weight is 1610 g/mol. The molecule has 17 unspecified atom stereocenters. The molecule has 0 aromatic rings. The highest BCUT2D eigenvalue weighted by Crippen LogP contribution is 2.34. The number of aliphatic hydroxyl groups excluding tert-OH is 11. The standard InChI is InChI=1S/C94H175NO18/c1-3-5-7-9-11-13-15-17-19-21-23-25-27-29-31-32-33-34-35-36-37-38-39-40-41-42-43-44-46-48-50-52-54-56-58-60-62-64-66-68-70-72-82(100)95-77(78(99)71-69-67-65-63-61-59-57-55-53-51-49-47-45-30-28-26-24-22-20-18-16-14-12-10-8-6-4-2)76-108-92-88(106)85(103)90(80(74-97)110-92)113-94-89(107)86(104)91(81(75-98)111-94)112-93-87(105)84(102)83(101)79(73-96)109-93/h21,23,53,55,61,63,69,71,77-81,83-94,96-99,101-107H,3-20,22,24-52,54,56-60,62,64-68,70,72-76H2,1-2H3,(H,95,100)/b23-21-,55-53+,63-61+,71-69+. The molecule has 17 atom stereocenters. The number of carbonyl (C=O) groups is 1. The molecule has 0 aliphatic carbocycles. The number of hydrogen-bond acceptors (Lipinski definition) is 18. The molecule has 19 heteroatoms. The van der Waals surface area contributed by atoms with Gasteiger partial charge in [0.05, 0.1) is 38.6 Å². The van der Waals surface area contributed by atoms with Crippen molar-refractivity contribution in [2.45, 2.75) is 516 Å². The van der Waals surface area contributed by atoms with Crippen LogP contribution in [0.3, 0.4) is 0 Å². The lowest BCUT2D eigenvalue weighted by molar-refractivity contribution is -0.379. The Morgan fingerprint density at radius 3 is 0.885 bits per heavy atom. The van der Waals surface area contributed by atoms with Gasteiger partial charge in [-0.1, -0.05) is 383 Å². The Bertz CT molecular complexity index is 2220. The van der Waals surface area contributed by atoms with Gasteiger partial charge in [-0.2, -0.15) is 0 Å². The summed E-state index contributed by atoms with van der Waals surface area (Å²) in [5.74, 6) is -0.281. The highest BCUT2D eigenvalue weighted by atomic mass is 16.8. The normalized spacial score (nSPS) is 25.0. The quantitative estimate of drug-likeness (QED) is 0.0199. The van der Waals surface area contributed by atoms with Crippen molar-refractivity contribution < 1.29 is 89.4 Å². The zero-order valence-electron chi connectivity index (χ0n) is 71.9. The van der Waals surface area contributed by atoms with Crippen LogP contribution in [0.2, 0.25) is 0 Å². The Kier molecular flexibility index (Phi) is 68.4. The van der Waals surface area contributed by atoms with Crippen LogP contribution in [0.5, 0.6) is 0 Å². The van der Waals surface area contributed by atoms with Gasteiger partial charge in [-0.25, -0.2) is 0 Å². The van der Waals surface area contributed by atoms with Crippen LogP contribution in [-0.4, -0.2) is 193 Å². The molecule has 3 fully saturated rings. The predicted octanol–water partition coefficient (Wildman–Crippen LogP) is 18.7. The van der Waals surface area contributed by atoms with Crippen LogP contribution in [0, 0.1) is 0 Å². The first-order valence-corrected chi connectivity index (χ1v) is 47.4. The monoisotopic (exact) mass is 1610 g/mol. The van der Waals surface area contributed by atoms with Gasteiger partial charge in [-0.15, -0.1) is 0 Å². The Hall–Kier alpha value is -2.25. The highest BCUT2D eigenvalue weighted by Gasteiger charge is 2.54. The van der Waals surface area contributed by atoms with Crippen LogP contribution < -0.4 is 5.32 Å². The molecule has 3 aliphatic rings. The first-order chi connectivity index (χ1) is 55.3. The lowest BCUT2D eigenvalue weighted by Crippen LogP contribution is -2.66. The van der Waals surface area contributed by atoms with Crippen LogP contribution in [0.1, 0.15) is 412 Å². The van der Waals surface area contributed by atoms with Crippen LogP contribution in [0.15, 0.2) is 48.6 Å². The lowest BCUT2D eigenvalue weighted by Gasteiger charge is -2.48. The van der Waals surface area contributed by atoms with Crippen LogP contribution in [0.4, 0.5) is 0 Å². The van der Waals surface area contributed by atoms with Crippen molar-refractivity contribution in [3.8, 4) is 0 Å². The number of hydrogen-bond donors (Lipinski definition) is 12. The molecule has 0 aromatic heterocycles. The number of unbranched alkanes of at least 4 members (excludes halogenated alkanes) is 56. The number of nitrogens with one attached hydrogen (secondary N) is 1. The Morgan fingerprint density at radius 1 is 0.310 bits per heavy atom. The van der Waals surface area contributed by atoms with Crippen molar-refractivity contribution in [2.24, 2.45) is 0 Å². The number of rotatable bonds is 78. The first kappa shape index (κ1) is 105. The summed E-state index contributed by atoms with van der Waals surface area (Å²) in [6.45, 7) is 1.78. The summed E-state index contributed by atoms with van der Waals surface area (Å²) >= 11 is 0. The molecule has 3 saturated heterocycles. The van der Waals surface area contributed by atoms with Crippen molar-refractivity contribution in [2.75, 3.05) is 26.4 Å². The van der Waals surface area contributed by atoms with Gasteiger partial charge in [0.1, 0.15) is 73.2 Å². The van der Waals surface area contributed by atoms with Crippen molar-refractivity contribution in [3.05, 3.63) is 48.6 Å². The van der Waals surface area contributed by atoms with E-state index in [0.717, 1.165) is 44.9 Å². The molecule has 0 aromatic carbocycles. The van der Waals surface area contributed by atoms with Crippen molar-refractivity contribution in [1.29, 1.82) is 0 Å². The summed E-state index contributed by atoms with van der Waals surface area (Å²) in [4.78, 5) is 13.5. The third-order valence-electron chi connectivity index (χ3n) is 23.6. The summed E-state index contributed by atoms with van der Waals surface area (Å²) in [5.41, 5.74) is 0. The second-order valence-electron chi connectivity index (χ2n) is 33.8. The van der Waals surface area contributed by atoms with E-state index in [1.54, 1.807) is 6.08 Å². The minimum Gasteiger partial charge on any atom is -0.394 e. The van der Waals surface area contributed by atoms with E-state index in [2.05, 4.69) is 55.6 Å². The molecule has 3 rings (SSSR count). The fourth-order valence-electron chi connectivity index (χ4n) is 16.0. The highest BCUT2D eigenvalue weighted by molar-refractivity contribution is 5.76. The molecule has 1 amide bonds. The molecule has 0 radical (unpaired) electrons. The van der Waals surface area contributed by atoms with Gasteiger partial charge in [0, 0.05) is 6.42 Å². The van der Waals surface area contributed by atoms with E-state index in [-0.39, 0.29) is 18.9 Å². The number of carbonyl (C=O) groups excluding carboxylic acids is 1. The lowest BCUT2D eigenvalue weighted by atomic mass is 9.96. The van der Waals surface area contributed by atoms with Crippen LogP contribution in [-0.2, 0) is 33.2 Å². The first-order valence-electron chi connectivity index (χ1n) is 47.4. The summed E-state index contributed by atoms with van der Waals surface area (Å²) < 4.78 is 34.5. The van der Waals surface area contributed by atoms with Crippen molar-refractivity contribution in [1.82, 2.24) is 5.32 Å². The van der Waals surface area contributed by atoms with E-state index in [0.29, 0.717) is 12.8 Å². The molecule has 12 N–H and O–H groups in total. The summed E-state index contributed by atoms with van der Waals surface area (Å²) in [6.07, 6.45) is 70.1. The van der Waals surface area contributed by atoms with Crippen LogP contribution in [0.25, 0.3) is 0 Å². The fraction of sp³-hybridized carbons (Fsp3) is 0.904. The third-order valence-corrected chi connectivity index (χ3v) is 23.6. The maximum Gasteiger partial charge on any atom is 0.220 e. The second-order valence-corrected chi connectivity index (χ2v) is 33.8. The van der Waals surface area contributed by atoms with Gasteiger partial charge in [0.2, 0.25) is 5.91 Å². The Morgan fingerprint density at radius 2 is 0.566 bits per heavy atom. The summed E-state index contributed by atoms with van der Waals surface area (Å²) in [5, 5.41) is 121. The van der Waals surface area contributed by atoms with Gasteiger partial charge >= 0.3 is 0 Å². The van der Waals surface area contributed by atoms with E-state index in [4.69, 9.17) is 28.4 Å². The molecular weight excluding hydrogens is 1430 g/mol. The minimum atomic E-state index is -1.98. The molecule has 0 spiro atoms. The predicted molar refractivity (Wildman–Crippen MR) is 457 cm³/mol. The third kappa shape index (κ3) is 51.9. The zero-order chi connectivity index (χ0) is 81.7. The van der Waals surface area contributed by atoms with Crippen molar-refractivity contribution in [3.63, 3.8) is 0 Å². The minimum absolute atomic E-state index is 0.236. The maximum atomic E-state index is 13.5. The summed E-state index contributed by atoms with van der Waals surface area (Å²) in [6, 6.07) is -0.998. The van der Waals surface area contributed by atoms with E-state index in [1.807, 2.05) is 6.08 Å². The van der Waals surface area contributed by atoms with Gasteiger partial charge in [0.15, 0.2) is 18.9 Å². The number of amides is 1. The molecule has 3 heterocycles. The van der Waals surface area contributed by atoms with E-state index >= 15 is 0 Å². The zero-order valence-corrected chi connectivity index (χ0v) is 71.9. The Labute approximate surface area is 688 Å². The number of allylic oxidation sites excluding steroid dienone is 7. The summed E-state index contributed by atoms with van der Waals surface area (Å²) in [7, 11) is 0.